The van der Waals surface area contributed by atoms with Crippen molar-refractivity contribution in [1.29, 1.82) is 0 Å². The van der Waals surface area contributed by atoms with E-state index < -0.39 is 0 Å². The van der Waals surface area contributed by atoms with Crippen LogP contribution in [0.1, 0.15) is 46.1 Å². The zero-order valence-electron chi connectivity index (χ0n) is 10.6. The summed E-state index contributed by atoms with van der Waals surface area (Å²) in [5.41, 5.74) is 0.840. The van der Waals surface area contributed by atoms with Gasteiger partial charge in [0.25, 0.3) is 0 Å². The minimum Gasteiger partial charge on any atom is -0.493 e. The first-order valence-electron chi connectivity index (χ1n) is 5.88. The molecule has 0 radical (unpaired) electrons. The van der Waals surface area contributed by atoms with Crippen LogP contribution in [0.5, 0.6) is 5.75 Å². The molecule has 0 saturated heterocycles. The normalized spacial score (nSPS) is 11.6. The summed E-state index contributed by atoms with van der Waals surface area (Å²) < 4.78 is 18.9. The van der Waals surface area contributed by atoms with E-state index in [4.69, 9.17) is 4.74 Å². The molecular weight excluding hydrogens is 203 g/mol. The Hall–Kier alpha value is -1.05. The molecule has 0 aromatic heterocycles. The SMILES string of the molecule is CCCCOc1ccc(F)cc1C(C)(C)C. The lowest BCUT2D eigenvalue weighted by molar-refractivity contribution is 0.300. The maximum absolute atomic E-state index is 13.2. The molecule has 0 spiro atoms. The Kier molecular flexibility index (Phi) is 4.34. The van der Waals surface area contributed by atoms with Gasteiger partial charge < -0.3 is 4.74 Å². The van der Waals surface area contributed by atoms with E-state index in [0.717, 1.165) is 24.2 Å². The second-order valence-electron chi connectivity index (χ2n) is 5.09. The molecule has 1 nitrogen and oxygen atoms in total. The van der Waals surface area contributed by atoms with Crippen molar-refractivity contribution in [2.45, 2.75) is 46.0 Å². The van der Waals surface area contributed by atoms with Gasteiger partial charge in [-0.15, -0.1) is 0 Å². The molecule has 1 rings (SSSR count). The molecule has 0 bridgehead atoms. The smallest absolute Gasteiger partial charge is 0.123 e. The third-order valence-electron chi connectivity index (χ3n) is 2.51. The van der Waals surface area contributed by atoms with E-state index >= 15 is 0 Å². The Morgan fingerprint density at radius 1 is 1.25 bits per heavy atom. The summed E-state index contributed by atoms with van der Waals surface area (Å²) in [5.74, 6) is 0.607. The molecule has 16 heavy (non-hydrogen) atoms. The molecule has 0 aliphatic carbocycles. The van der Waals surface area contributed by atoms with Gasteiger partial charge in [0, 0.05) is 5.56 Å². The van der Waals surface area contributed by atoms with Crippen LogP contribution in [0.2, 0.25) is 0 Å². The van der Waals surface area contributed by atoms with E-state index in [9.17, 15) is 4.39 Å². The number of benzene rings is 1. The molecule has 0 amide bonds. The van der Waals surface area contributed by atoms with Gasteiger partial charge in [-0.05, 0) is 30.0 Å². The quantitative estimate of drug-likeness (QED) is 0.693. The molecule has 0 unspecified atom stereocenters. The Bertz CT molecular complexity index is 339. The Morgan fingerprint density at radius 2 is 1.94 bits per heavy atom. The van der Waals surface area contributed by atoms with Crippen molar-refractivity contribution in [3.8, 4) is 5.75 Å². The topological polar surface area (TPSA) is 9.23 Å². The molecule has 1 aromatic rings. The molecule has 0 fully saturated rings. The molecule has 0 N–H and O–H groups in total. The van der Waals surface area contributed by atoms with Crippen LogP contribution >= 0.6 is 0 Å². The molecule has 0 atom stereocenters. The average Bonchev–Trinajstić information content (AvgIpc) is 2.19. The van der Waals surface area contributed by atoms with E-state index in [0.29, 0.717) is 6.61 Å². The predicted octanol–water partition coefficient (Wildman–Crippen LogP) is 4.30. The van der Waals surface area contributed by atoms with Crippen molar-refractivity contribution in [1.82, 2.24) is 0 Å². The first-order chi connectivity index (χ1) is 7.45. The van der Waals surface area contributed by atoms with E-state index in [-0.39, 0.29) is 11.2 Å². The lowest BCUT2D eigenvalue weighted by Crippen LogP contribution is -2.14. The van der Waals surface area contributed by atoms with Crippen LogP contribution in [-0.4, -0.2) is 6.61 Å². The van der Waals surface area contributed by atoms with Crippen molar-refractivity contribution in [2.24, 2.45) is 0 Å². The minimum atomic E-state index is -0.201. The van der Waals surface area contributed by atoms with Crippen molar-refractivity contribution < 1.29 is 9.13 Å². The fourth-order valence-corrected chi connectivity index (χ4v) is 1.54. The summed E-state index contributed by atoms with van der Waals surface area (Å²) in [6.07, 6.45) is 2.13. The molecule has 0 aliphatic heterocycles. The number of rotatable bonds is 4. The second-order valence-corrected chi connectivity index (χ2v) is 5.09. The first kappa shape index (κ1) is 13.0. The highest BCUT2D eigenvalue weighted by Gasteiger charge is 2.19. The summed E-state index contributed by atoms with van der Waals surface area (Å²) in [6.45, 7) is 9.02. The zero-order valence-corrected chi connectivity index (χ0v) is 10.6. The van der Waals surface area contributed by atoms with E-state index in [1.54, 1.807) is 12.1 Å². The Labute approximate surface area is 97.6 Å². The van der Waals surface area contributed by atoms with Gasteiger partial charge in [0.15, 0.2) is 0 Å². The van der Waals surface area contributed by atoms with E-state index in [1.165, 1.54) is 6.07 Å². The van der Waals surface area contributed by atoms with Gasteiger partial charge in [0.05, 0.1) is 6.61 Å². The van der Waals surface area contributed by atoms with Crippen LogP contribution in [-0.2, 0) is 5.41 Å². The lowest BCUT2D eigenvalue weighted by Gasteiger charge is -2.22. The first-order valence-corrected chi connectivity index (χ1v) is 5.88. The highest BCUT2D eigenvalue weighted by Crippen LogP contribution is 2.31. The molecule has 2 heteroatoms. The van der Waals surface area contributed by atoms with Gasteiger partial charge in [0.2, 0.25) is 0 Å². The Morgan fingerprint density at radius 3 is 2.50 bits per heavy atom. The van der Waals surface area contributed by atoms with E-state index in [2.05, 4.69) is 27.7 Å². The highest BCUT2D eigenvalue weighted by atomic mass is 19.1. The van der Waals surface area contributed by atoms with Crippen molar-refractivity contribution in [3.63, 3.8) is 0 Å². The standard InChI is InChI=1S/C14H21FO/c1-5-6-9-16-13-8-7-11(15)10-12(13)14(2,3)4/h7-8,10H,5-6,9H2,1-4H3. The van der Waals surface area contributed by atoms with Gasteiger partial charge in [-0.2, -0.15) is 0 Å². The van der Waals surface area contributed by atoms with Crippen LogP contribution in [0.15, 0.2) is 18.2 Å². The third kappa shape index (κ3) is 3.51. The Balaban J connectivity index is 2.90. The van der Waals surface area contributed by atoms with Crippen LogP contribution in [0, 0.1) is 5.82 Å². The lowest BCUT2D eigenvalue weighted by atomic mass is 9.86. The van der Waals surface area contributed by atoms with Crippen molar-refractivity contribution in [3.05, 3.63) is 29.6 Å². The molecular formula is C14H21FO. The van der Waals surface area contributed by atoms with Gasteiger partial charge in [-0.3, -0.25) is 0 Å². The maximum atomic E-state index is 13.2. The molecule has 90 valence electrons. The number of halogens is 1. The number of hydrogen-bond acceptors (Lipinski definition) is 1. The summed E-state index contributed by atoms with van der Waals surface area (Å²) in [7, 11) is 0. The predicted molar refractivity (Wildman–Crippen MR) is 65.5 cm³/mol. The van der Waals surface area contributed by atoms with Crippen molar-refractivity contribution >= 4 is 0 Å². The summed E-state index contributed by atoms with van der Waals surface area (Å²) >= 11 is 0. The van der Waals surface area contributed by atoms with E-state index in [1.807, 2.05) is 0 Å². The van der Waals surface area contributed by atoms with Gasteiger partial charge in [-0.1, -0.05) is 34.1 Å². The van der Waals surface area contributed by atoms with Gasteiger partial charge >= 0.3 is 0 Å². The largest absolute Gasteiger partial charge is 0.493 e. The maximum Gasteiger partial charge on any atom is 0.123 e. The molecule has 1 aromatic carbocycles. The third-order valence-corrected chi connectivity index (χ3v) is 2.51. The van der Waals surface area contributed by atoms with Crippen LogP contribution in [0.3, 0.4) is 0 Å². The fourth-order valence-electron chi connectivity index (χ4n) is 1.54. The highest BCUT2D eigenvalue weighted by molar-refractivity contribution is 5.38. The molecule has 0 saturated carbocycles. The number of hydrogen-bond donors (Lipinski definition) is 0. The number of unbranched alkanes of at least 4 members (excludes halogenated alkanes) is 1. The minimum absolute atomic E-state index is 0.0936. The van der Waals surface area contributed by atoms with Crippen molar-refractivity contribution in [2.75, 3.05) is 6.61 Å². The fraction of sp³-hybridized carbons (Fsp3) is 0.571. The van der Waals surface area contributed by atoms with Gasteiger partial charge in [0.1, 0.15) is 11.6 Å². The van der Waals surface area contributed by atoms with Crippen LogP contribution in [0.4, 0.5) is 4.39 Å². The molecule has 0 heterocycles. The van der Waals surface area contributed by atoms with Crippen LogP contribution < -0.4 is 4.74 Å². The zero-order chi connectivity index (χ0) is 12.2. The average molecular weight is 224 g/mol. The van der Waals surface area contributed by atoms with Gasteiger partial charge in [-0.25, -0.2) is 4.39 Å². The second kappa shape index (κ2) is 5.33. The summed E-state index contributed by atoms with van der Waals surface area (Å²) in [6, 6.07) is 4.75. The summed E-state index contributed by atoms with van der Waals surface area (Å²) in [4.78, 5) is 0. The van der Waals surface area contributed by atoms with Crippen LogP contribution in [0.25, 0.3) is 0 Å². The monoisotopic (exact) mass is 224 g/mol. The summed E-state index contributed by atoms with van der Waals surface area (Å²) in [5, 5.41) is 0. The molecule has 0 aliphatic rings. The number of ether oxygens (including phenoxy) is 1.